The Hall–Kier alpha value is -2.91. The number of aromatic carboxylic acids is 1. The number of rotatable bonds is 8. The number of nitrogens with zero attached hydrogens (tertiary/aromatic N) is 2. The van der Waals surface area contributed by atoms with Crippen LogP contribution in [0.4, 0.5) is 5.69 Å². The molecule has 1 N–H and O–H groups in total. The number of hydrogen-bond acceptors (Lipinski definition) is 6. The fourth-order valence-corrected chi connectivity index (χ4v) is 6.21. The highest BCUT2D eigenvalue weighted by atomic mass is 32.2. The van der Waals surface area contributed by atoms with Crippen LogP contribution in [0.1, 0.15) is 52.2 Å². The first-order valence-corrected chi connectivity index (χ1v) is 12.8. The van der Waals surface area contributed by atoms with E-state index in [1.54, 1.807) is 24.4 Å². The summed E-state index contributed by atoms with van der Waals surface area (Å²) in [5.41, 5.74) is 4.82. The Labute approximate surface area is 198 Å². The molecule has 176 valence electrons. The Morgan fingerprint density at radius 3 is 2.30 bits per heavy atom. The van der Waals surface area contributed by atoms with Crippen LogP contribution in [0.25, 0.3) is 0 Å². The van der Waals surface area contributed by atoms with Crippen LogP contribution in [-0.4, -0.2) is 30.5 Å². The maximum Gasteiger partial charge on any atom is 0.335 e. The van der Waals surface area contributed by atoms with E-state index in [-0.39, 0.29) is 22.6 Å². The molecule has 0 bridgehead atoms. The van der Waals surface area contributed by atoms with Crippen molar-refractivity contribution < 1.29 is 23.1 Å². The monoisotopic (exact) mass is 488 g/mol. The van der Waals surface area contributed by atoms with Crippen LogP contribution < -0.4 is 9.04 Å². The summed E-state index contributed by atoms with van der Waals surface area (Å²) in [6.07, 6.45) is 0. The van der Waals surface area contributed by atoms with Gasteiger partial charge in [-0.1, -0.05) is 6.07 Å². The summed E-state index contributed by atoms with van der Waals surface area (Å²) in [5, 5.41) is 10.9. The fourth-order valence-electron chi connectivity index (χ4n) is 3.43. The van der Waals surface area contributed by atoms with E-state index in [9.17, 15) is 18.3 Å². The Morgan fingerprint density at radius 1 is 1.09 bits per heavy atom. The second-order valence-corrected chi connectivity index (χ2v) is 11.1. The minimum Gasteiger partial charge on any atom is -0.487 e. The molecule has 0 fully saturated rings. The van der Waals surface area contributed by atoms with Crippen LogP contribution >= 0.6 is 11.3 Å². The summed E-state index contributed by atoms with van der Waals surface area (Å²) in [6.45, 7) is 11.2. The number of benzene rings is 2. The van der Waals surface area contributed by atoms with E-state index in [1.165, 1.54) is 10.4 Å². The first kappa shape index (κ1) is 24.7. The molecule has 0 radical (unpaired) electrons. The van der Waals surface area contributed by atoms with Gasteiger partial charge < -0.3 is 9.84 Å². The second kappa shape index (κ2) is 9.52. The lowest BCUT2D eigenvalue weighted by molar-refractivity contribution is 0.0696. The molecule has 7 nitrogen and oxygen atoms in total. The summed E-state index contributed by atoms with van der Waals surface area (Å²) in [5.74, 6) is -0.553. The summed E-state index contributed by atoms with van der Waals surface area (Å²) >= 11 is 1.10. The molecule has 0 atom stereocenters. The number of sulfonamides is 1. The molecular formula is C24H28N2O5S2. The van der Waals surface area contributed by atoms with Crippen molar-refractivity contribution in [1.29, 1.82) is 0 Å². The molecule has 0 saturated heterocycles. The Balaban J connectivity index is 2.04. The second-order valence-electron chi connectivity index (χ2n) is 8.29. The SMILES string of the molecule is Cc1csc(S(=O)(=O)N(c2cc(C)c(C)cc2OCc2ccc(C(=O)O)cc2C)C(C)C)n1. The zero-order chi connectivity index (χ0) is 24.5. The lowest BCUT2D eigenvalue weighted by Gasteiger charge is -2.29. The molecule has 0 saturated carbocycles. The highest BCUT2D eigenvalue weighted by molar-refractivity contribution is 7.94. The van der Waals surface area contributed by atoms with Gasteiger partial charge in [0.1, 0.15) is 12.4 Å². The van der Waals surface area contributed by atoms with E-state index in [4.69, 9.17) is 4.74 Å². The van der Waals surface area contributed by atoms with Crippen molar-refractivity contribution in [2.24, 2.45) is 0 Å². The summed E-state index contributed by atoms with van der Waals surface area (Å²) in [6, 6.07) is 8.13. The molecule has 0 aliphatic rings. The first-order valence-electron chi connectivity index (χ1n) is 10.4. The van der Waals surface area contributed by atoms with E-state index in [2.05, 4.69) is 4.98 Å². The van der Waals surface area contributed by atoms with Gasteiger partial charge in [0.2, 0.25) is 4.34 Å². The third-order valence-corrected chi connectivity index (χ3v) is 8.67. The summed E-state index contributed by atoms with van der Waals surface area (Å²) in [7, 11) is -3.90. The number of thiazole rings is 1. The molecule has 1 heterocycles. The maximum atomic E-state index is 13.5. The lowest BCUT2D eigenvalue weighted by Crippen LogP contribution is -2.37. The number of carboxylic acid groups (broad SMARTS) is 1. The van der Waals surface area contributed by atoms with Gasteiger partial charge in [0.25, 0.3) is 10.0 Å². The molecule has 2 aromatic carbocycles. The van der Waals surface area contributed by atoms with Crippen LogP contribution in [0.5, 0.6) is 5.75 Å². The number of carboxylic acids is 1. The smallest absolute Gasteiger partial charge is 0.335 e. The highest BCUT2D eigenvalue weighted by Gasteiger charge is 2.32. The van der Waals surface area contributed by atoms with Gasteiger partial charge in [0.05, 0.1) is 11.3 Å². The molecule has 3 aromatic rings. The third kappa shape index (κ3) is 5.20. The molecule has 0 unspecified atom stereocenters. The molecule has 0 spiro atoms. The standard InChI is InChI=1S/C24H28N2O5S2/c1-14(2)26(33(29,30)24-25-18(6)13-32-24)21-10-15(3)16(4)11-22(21)31-12-20-8-7-19(23(27)28)9-17(20)5/h7-11,13-14H,12H2,1-6H3,(H,27,28). The highest BCUT2D eigenvalue weighted by Crippen LogP contribution is 2.37. The molecule has 33 heavy (non-hydrogen) atoms. The van der Waals surface area contributed by atoms with E-state index < -0.39 is 16.0 Å². The van der Waals surface area contributed by atoms with Crippen LogP contribution in [-0.2, 0) is 16.6 Å². The molecule has 1 aromatic heterocycles. The molecule has 0 aliphatic carbocycles. The van der Waals surface area contributed by atoms with Gasteiger partial charge in [0.15, 0.2) is 0 Å². The van der Waals surface area contributed by atoms with Crippen molar-refractivity contribution in [1.82, 2.24) is 4.98 Å². The summed E-state index contributed by atoms with van der Waals surface area (Å²) < 4.78 is 34.6. The molecule has 0 aliphatic heterocycles. The van der Waals surface area contributed by atoms with Crippen molar-refractivity contribution in [2.45, 2.75) is 58.5 Å². The van der Waals surface area contributed by atoms with Crippen LogP contribution in [0.3, 0.4) is 0 Å². The Kier molecular flexibility index (Phi) is 7.14. The van der Waals surface area contributed by atoms with Crippen molar-refractivity contribution in [3.05, 3.63) is 69.2 Å². The van der Waals surface area contributed by atoms with Crippen LogP contribution in [0.15, 0.2) is 40.1 Å². The van der Waals surface area contributed by atoms with Gasteiger partial charge in [-0.15, -0.1) is 11.3 Å². The molecule has 0 amide bonds. The Bertz CT molecular complexity index is 1300. The van der Waals surface area contributed by atoms with Crippen LogP contribution in [0, 0.1) is 27.7 Å². The van der Waals surface area contributed by atoms with Gasteiger partial charge in [0, 0.05) is 17.1 Å². The van der Waals surface area contributed by atoms with Crippen molar-refractivity contribution >= 4 is 33.0 Å². The minimum atomic E-state index is -3.90. The largest absolute Gasteiger partial charge is 0.487 e. The minimum absolute atomic E-state index is 0.0398. The van der Waals surface area contributed by atoms with E-state index in [0.717, 1.165) is 33.6 Å². The molecule has 9 heteroatoms. The first-order chi connectivity index (χ1) is 15.4. The lowest BCUT2D eigenvalue weighted by atomic mass is 10.1. The predicted molar refractivity (Wildman–Crippen MR) is 130 cm³/mol. The van der Waals surface area contributed by atoms with Gasteiger partial charge >= 0.3 is 5.97 Å². The molecular weight excluding hydrogens is 460 g/mol. The van der Waals surface area contributed by atoms with Gasteiger partial charge in [-0.25, -0.2) is 9.78 Å². The summed E-state index contributed by atoms with van der Waals surface area (Å²) in [4.78, 5) is 15.4. The average molecular weight is 489 g/mol. The van der Waals surface area contributed by atoms with E-state index in [0.29, 0.717) is 17.1 Å². The molecule has 3 rings (SSSR count). The van der Waals surface area contributed by atoms with Gasteiger partial charge in [-0.2, -0.15) is 8.42 Å². The number of aromatic nitrogens is 1. The normalized spacial score (nSPS) is 11.6. The van der Waals surface area contributed by atoms with Gasteiger partial charge in [-0.3, -0.25) is 4.31 Å². The van der Waals surface area contributed by atoms with Crippen molar-refractivity contribution in [3.63, 3.8) is 0 Å². The van der Waals surface area contributed by atoms with Gasteiger partial charge in [-0.05, 0) is 88.1 Å². The van der Waals surface area contributed by atoms with E-state index >= 15 is 0 Å². The number of carbonyl (C=O) groups is 1. The topological polar surface area (TPSA) is 96.8 Å². The van der Waals surface area contributed by atoms with Crippen molar-refractivity contribution in [2.75, 3.05) is 4.31 Å². The predicted octanol–water partition coefficient (Wildman–Crippen LogP) is 5.26. The quantitative estimate of drug-likeness (QED) is 0.465. The number of anilines is 1. The number of aryl methyl sites for hydroxylation is 4. The fraction of sp³-hybridized carbons (Fsp3) is 0.333. The zero-order valence-corrected chi connectivity index (χ0v) is 21.2. The zero-order valence-electron chi connectivity index (χ0n) is 19.5. The van der Waals surface area contributed by atoms with Crippen molar-refractivity contribution in [3.8, 4) is 5.75 Å². The Morgan fingerprint density at radius 2 is 1.76 bits per heavy atom. The number of hydrogen-bond donors (Lipinski definition) is 1. The average Bonchev–Trinajstić information content (AvgIpc) is 3.17. The maximum absolute atomic E-state index is 13.5. The third-order valence-electron chi connectivity index (χ3n) is 5.33. The van der Waals surface area contributed by atoms with Crippen LogP contribution in [0.2, 0.25) is 0 Å². The van der Waals surface area contributed by atoms with E-state index in [1.807, 2.05) is 46.8 Å². The number of ether oxygens (including phenoxy) is 1.